The Morgan fingerprint density at radius 2 is 2.25 bits per heavy atom. The maximum absolute atomic E-state index is 9.75. The molecule has 1 aliphatic rings. The van der Waals surface area contributed by atoms with E-state index in [9.17, 15) is 9.59 Å². The molecule has 0 saturated carbocycles. The summed E-state index contributed by atoms with van der Waals surface area (Å²) in [5.41, 5.74) is 0. The van der Waals surface area contributed by atoms with Gasteiger partial charge in [0.25, 0.3) is 0 Å². The van der Waals surface area contributed by atoms with Crippen LogP contribution < -0.4 is 0 Å². The van der Waals surface area contributed by atoms with E-state index in [0.29, 0.717) is 6.61 Å². The topological polar surface area (TPSA) is 76.1 Å². The van der Waals surface area contributed by atoms with Crippen molar-refractivity contribution in [1.29, 1.82) is 0 Å². The zero-order valence-electron chi connectivity index (χ0n) is 6.65. The minimum Gasteiger partial charge on any atom is -0.479 e. The minimum atomic E-state index is -0.852. The summed E-state index contributed by atoms with van der Waals surface area (Å²) in [6.07, 6.45) is 0.618. The Morgan fingerprint density at radius 1 is 1.75 bits per heavy atom. The van der Waals surface area contributed by atoms with E-state index in [1.54, 1.807) is 0 Å². The van der Waals surface area contributed by atoms with Crippen molar-refractivity contribution in [2.45, 2.75) is 13.0 Å². The predicted octanol–water partition coefficient (Wildman–Crippen LogP) is 0.163. The standard InChI is InChI=1S/C4H6O2.C3H4O3/c1-3-6-4(2)5;4-3(5)2-1-6-2/h3H,1H2,2H3;2H,1H2,(H,4,5). The van der Waals surface area contributed by atoms with Crippen LogP contribution in [-0.4, -0.2) is 29.8 Å². The predicted molar refractivity (Wildman–Crippen MR) is 39.3 cm³/mol. The summed E-state index contributed by atoms with van der Waals surface area (Å²) in [6, 6.07) is 0. The van der Waals surface area contributed by atoms with Gasteiger partial charge >= 0.3 is 11.9 Å². The van der Waals surface area contributed by atoms with Crippen molar-refractivity contribution in [3.05, 3.63) is 12.8 Å². The first-order valence-corrected chi connectivity index (χ1v) is 3.20. The molecule has 68 valence electrons. The lowest BCUT2D eigenvalue weighted by Crippen LogP contribution is -2.02. The second-order valence-corrected chi connectivity index (χ2v) is 1.94. The van der Waals surface area contributed by atoms with Crippen molar-refractivity contribution in [2.75, 3.05) is 6.61 Å². The highest BCUT2D eigenvalue weighted by molar-refractivity contribution is 5.74. The van der Waals surface area contributed by atoms with Crippen LogP contribution in [0.25, 0.3) is 0 Å². The summed E-state index contributed by atoms with van der Waals surface area (Å²) in [7, 11) is 0. The molecule has 1 fully saturated rings. The number of carboxylic acids is 1. The first-order chi connectivity index (χ1) is 5.57. The Bertz CT molecular complexity index is 182. The monoisotopic (exact) mass is 174 g/mol. The Balaban J connectivity index is 0.000000202. The normalized spacial score (nSPS) is 18.2. The SMILES string of the molecule is C=COC(C)=O.O=C(O)C1CO1. The summed E-state index contributed by atoms with van der Waals surface area (Å²) in [6.45, 7) is 4.88. The van der Waals surface area contributed by atoms with Crippen molar-refractivity contribution < 1.29 is 24.2 Å². The smallest absolute Gasteiger partial charge is 0.335 e. The number of rotatable bonds is 2. The van der Waals surface area contributed by atoms with Gasteiger partial charge in [0.1, 0.15) is 0 Å². The number of esters is 1. The fraction of sp³-hybridized carbons (Fsp3) is 0.429. The molecule has 0 aromatic heterocycles. The van der Waals surface area contributed by atoms with Crippen molar-refractivity contribution in [3.63, 3.8) is 0 Å². The highest BCUT2D eigenvalue weighted by Crippen LogP contribution is 2.06. The zero-order chi connectivity index (χ0) is 9.56. The summed E-state index contributed by atoms with van der Waals surface area (Å²) >= 11 is 0. The van der Waals surface area contributed by atoms with E-state index in [1.807, 2.05) is 0 Å². The molecule has 1 saturated heterocycles. The third kappa shape index (κ3) is 6.76. The largest absolute Gasteiger partial charge is 0.479 e. The molecular weight excluding hydrogens is 164 g/mol. The van der Waals surface area contributed by atoms with E-state index in [4.69, 9.17) is 5.11 Å². The van der Waals surface area contributed by atoms with Crippen LogP contribution in [0.2, 0.25) is 0 Å². The molecule has 0 bridgehead atoms. The van der Waals surface area contributed by atoms with Crippen LogP contribution >= 0.6 is 0 Å². The first kappa shape index (κ1) is 10.6. The second-order valence-electron chi connectivity index (χ2n) is 1.94. The van der Waals surface area contributed by atoms with E-state index in [1.165, 1.54) is 6.92 Å². The Labute approximate surface area is 69.6 Å². The van der Waals surface area contributed by atoms with E-state index < -0.39 is 12.1 Å². The average Bonchev–Trinajstić information content (AvgIpc) is 2.67. The number of hydrogen-bond acceptors (Lipinski definition) is 4. The van der Waals surface area contributed by atoms with Gasteiger partial charge in [-0.2, -0.15) is 0 Å². The van der Waals surface area contributed by atoms with Gasteiger partial charge in [-0.1, -0.05) is 6.58 Å². The molecule has 12 heavy (non-hydrogen) atoms. The average molecular weight is 174 g/mol. The fourth-order valence-corrected chi connectivity index (χ4v) is 0.308. The maximum atomic E-state index is 9.75. The highest BCUT2D eigenvalue weighted by atomic mass is 16.6. The quantitative estimate of drug-likeness (QED) is 0.366. The Morgan fingerprint density at radius 3 is 2.25 bits per heavy atom. The molecule has 0 aliphatic carbocycles. The summed E-state index contributed by atoms with van der Waals surface area (Å²) in [4.78, 5) is 19.4. The van der Waals surface area contributed by atoms with Gasteiger partial charge < -0.3 is 14.6 Å². The van der Waals surface area contributed by atoms with Gasteiger partial charge in [-0.15, -0.1) is 0 Å². The Hall–Kier alpha value is -1.36. The highest BCUT2D eigenvalue weighted by Gasteiger charge is 2.30. The van der Waals surface area contributed by atoms with Crippen LogP contribution in [0.4, 0.5) is 0 Å². The third-order valence-corrected chi connectivity index (χ3v) is 0.858. The lowest BCUT2D eigenvalue weighted by Gasteiger charge is -1.83. The van der Waals surface area contributed by atoms with Gasteiger partial charge in [0.15, 0.2) is 6.10 Å². The molecule has 1 atom stereocenters. The molecule has 0 spiro atoms. The molecule has 5 nitrogen and oxygen atoms in total. The van der Waals surface area contributed by atoms with E-state index in [0.717, 1.165) is 6.26 Å². The Kier molecular flexibility index (Phi) is 4.71. The molecule has 0 aromatic rings. The molecule has 5 heteroatoms. The molecule has 0 amide bonds. The molecule has 1 unspecified atom stereocenters. The lowest BCUT2D eigenvalue weighted by atomic mass is 10.5. The number of hydrogen-bond donors (Lipinski definition) is 1. The number of carboxylic acid groups (broad SMARTS) is 1. The van der Waals surface area contributed by atoms with Gasteiger partial charge in [-0.05, 0) is 0 Å². The van der Waals surface area contributed by atoms with E-state index in [-0.39, 0.29) is 5.97 Å². The van der Waals surface area contributed by atoms with E-state index >= 15 is 0 Å². The molecule has 1 aliphatic heterocycles. The van der Waals surface area contributed by atoms with Crippen LogP contribution in [0.1, 0.15) is 6.92 Å². The van der Waals surface area contributed by atoms with Gasteiger partial charge in [0.05, 0.1) is 12.9 Å². The van der Waals surface area contributed by atoms with Crippen LogP contribution in [-0.2, 0) is 19.1 Å². The number of ether oxygens (including phenoxy) is 2. The summed E-state index contributed by atoms with van der Waals surface area (Å²) in [5.74, 6) is -1.18. The maximum Gasteiger partial charge on any atom is 0.335 e. The van der Waals surface area contributed by atoms with Crippen molar-refractivity contribution >= 4 is 11.9 Å². The fourth-order valence-electron chi connectivity index (χ4n) is 0.308. The number of epoxide rings is 1. The minimum absolute atomic E-state index is 0.329. The van der Waals surface area contributed by atoms with Crippen molar-refractivity contribution in [1.82, 2.24) is 0 Å². The molecule has 0 radical (unpaired) electrons. The van der Waals surface area contributed by atoms with Crippen LogP contribution in [0.15, 0.2) is 12.8 Å². The van der Waals surface area contributed by atoms with Crippen LogP contribution in [0.5, 0.6) is 0 Å². The summed E-state index contributed by atoms with van der Waals surface area (Å²) < 4.78 is 8.54. The zero-order valence-corrected chi connectivity index (χ0v) is 6.65. The van der Waals surface area contributed by atoms with Crippen molar-refractivity contribution in [3.8, 4) is 0 Å². The van der Waals surface area contributed by atoms with E-state index in [2.05, 4.69) is 16.1 Å². The third-order valence-electron chi connectivity index (χ3n) is 0.858. The van der Waals surface area contributed by atoms with Gasteiger partial charge in [-0.25, -0.2) is 4.79 Å². The number of carbonyl (C=O) groups excluding carboxylic acids is 1. The van der Waals surface area contributed by atoms with Crippen molar-refractivity contribution in [2.24, 2.45) is 0 Å². The number of aliphatic carboxylic acids is 1. The number of carbonyl (C=O) groups is 2. The molecule has 1 N–H and O–H groups in total. The van der Waals surface area contributed by atoms with Crippen LogP contribution in [0.3, 0.4) is 0 Å². The van der Waals surface area contributed by atoms with Crippen LogP contribution in [0, 0.1) is 0 Å². The van der Waals surface area contributed by atoms with Gasteiger partial charge in [0.2, 0.25) is 0 Å². The summed E-state index contributed by atoms with van der Waals surface area (Å²) in [5, 5.41) is 7.93. The molecular formula is C7H10O5. The van der Waals surface area contributed by atoms with Gasteiger partial charge in [-0.3, -0.25) is 4.79 Å². The second kappa shape index (κ2) is 5.31. The first-order valence-electron chi connectivity index (χ1n) is 3.20. The molecule has 0 aromatic carbocycles. The molecule has 1 rings (SSSR count). The lowest BCUT2D eigenvalue weighted by molar-refractivity contribution is -0.138. The molecule has 1 heterocycles. The van der Waals surface area contributed by atoms with Gasteiger partial charge in [0, 0.05) is 6.92 Å².